The zero-order valence-corrected chi connectivity index (χ0v) is 14.8. The van der Waals surface area contributed by atoms with Gasteiger partial charge in [-0.05, 0) is 55.0 Å². The van der Waals surface area contributed by atoms with Gasteiger partial charge in [0.1, 0.15) is 11.5 Å². The minimum Gasteiger partial charge on any atom is -0.457 e. The van der Waals surface area contributed by atoms with Gasteiger partial charge in [0.25, 0.3) is 5.91 Å². The van der Waals surface area contributed by atoms with Crippen molar-refractivity contribution < 1.29 is 9.53 Å². The molecule has 132 valence electrons. The SMILES string of the molecule is Cl.NC1CCC2CN(C(=O)c3cccc(Oc4ccccc4)c3)CC12. The highest BCUT2D eigenvalue weighted by Crippen LogP contribution is 2.37. The molecule has 4 rings (SSSR count). The van der Waals surface area contributed by atoms with Crippen molar-refractivity contribution in [2.75, 3.05) is 13.1 Å². The molecule has 3 unspecified atom stereocenters. The number of likely N-dealkylation sites (tertiary alicyclic amines) is 1. The second-order valence-corrected chi connectivity index (χ2v) is 6.82. The molecule has 4 nitrogen and oxygen atoms in total. The van der Waals surface area contributed by atoms with Crippen molar-refractivity contribution in [1.29, 1.82) is 0 Å². The predicted octanol–water partition coefficient (Wildman–Crippen LogP) is 3.71. The topological polar surface area (TPSA) is 55.6 Å². The molecule has 2 aliphatic rings. The van der Waals surface area contributed by atoms with Crippen LogP contribution >= 0.6 is 12.4 Å². The van der Waals surface area contributed by atoms with Crippen LogP contribution in [-0.4, -0.2) is 29.9 Å². The van der Waals surface area contributed by atoms with Gasteiger partial charge in [-0.25, -0.2) is 0 Å². The van der Waals surface area contributed by atoms with Crippen LogP contribution in [-0.2, 0) is 0 Å². The maximum Gasteiger partial charge on any atom is 0.254 e. The number of carbonyl (C=O) groups excluding carboxylic acids is 1. The number of rotatable bonds is 3. The number of ether oxygens (including phenoxy) is 1. The Morgan fingerprint density at radius 3 is 2.52 bits per heavy atom. The lowest BCUT2D eigenvalue weighted by Crippen LogP contribution is -2.33. The number of carbonyl (C=O) groups is 1. The van der Waals surface area contributed by atoms with Crippen LogP contribution in [0.2, 0.25) is 0 Å². The Bertz CT molecular complexity index is 737. The number of halogens is 1. The van der Waals surface area contributed by atoms with E-state index in [1.807, 2.05) is 59.5 Å². The molecular formula is C20H23ClN2O2. The first-order valence-electron chi connectivity index (χ1n) is 8.58. The maximum atomic E-state index is 12.8. The van der Waals surface area contributed by atoms with E-state index in [9.17, 15) is 4.79 Å². The fourth-order valence-corrected chi connectivity index (χ4v) is 3.97. The first-order valence-corrected chi connectivity index (χ1v) is 8.58. The number of hydrogen-bond donors (Lipinski definition) is 1. The van der Waals surface area contributed by atoms with Gasteiger partial charge in [0.2, 0.25) is 0 Å². The summed E-state index contributed by atoms with van der Waals surface area (Å²) in [4.78, 5) is 14.8. The molecule has 5 heteroatoms. The standard InChI is InChI=1S/C20H22N2O2.ClH/c21-19-10-9-15-12-22(13-18(15)19)20(23)14-5-4-8-17(11-14)24-16-6-2-1-3-7-16;/h1-8,11,15,18-19H,9-10,12-13,21H2;1H. The van der Waals surface area contributed by atoms with E-state index in [1.165, 1.54) is 0 Å². The third-order valence-electron chi connectivity index (χ3n) is 5.26. The number of para-hydroxylation sites is 1. The summed E-state index contributed by atoms with van der Waals surface area (Å²) in [5, 5.41) is 0. The normalized spacial score (nSPS) is 24.5. The van der Waals surface area contributed by atoms with Gasteiger partial charge in [-0.3, -0.25) is 4.79 Å². The third kappa shape index (κ3) is 3.65. The average Bonchev–Trinajstić information content (AvgIpc) is 3.18. The van der Waals surface area contributed by atoms with E-state index >= 15 is 0 Å². The van der Waals surface area contributed by atoms with Crippen LogP contribution in [0.25, 0.3) is 0 Å². The number of hydrogen-bond acceptors (Lipinski definition) is 3. The summed E-state index contributed by atoms with van der Waals surface area (Å²) in [7, 11) is 0. The number of nitrogens with zero attached hydrogens (tertiary/aromatic N) is 1. The highest BCUT2D eigenvalue weighted by molar-refractivity contribution is 5.94. The zero-order valence-electron chi connectivity index (χ0n) is 14.0. The first kappa shape index (κ1) is 17.8. The summed E-state index contributed by atoms with van der Waals surface area (Å²) in [6.07, 6.45) is 2.24. The Kier molecular flexibility index (Phi) is 5.30. The molecule has 2 aromatic rings. The maximum absolute atomic E-state index is 12.8. The number of benzene rings is 2. The summed E-state index contributed by atoms with van der Waals surface area (Å²) in [6, 6.07) is 17.3. The lowest BCUT2D eigenvalue weighted by Gasteiger charge is -2.19. The summed E-state index contributed by atoms with van der Waals surface area (Å²) in [5.74, 6) is 2.58. The summed E-state index contributed by atoms with van der Waals surface area (Å²) >= 11 is 0. The summed E-state index contributed by atoms with van der Waals surface area (Å²) < 4.78 is 5.83. The molecule has 2 aromatic carbocycles. The number of amides is 1. The molecule has 1 amide bonds. The highest BCUT2D eigenvalue weighted by Gasteiger charge is 2.42. The minimum atomic E-state index is 0. The highest BCUT2D eigenvalue weighted by atomic mass is 35.5. The first-order chi connectivity index (χ1) is 11.7. The van der Waals surface area contributed by atoms with E-state index in [2.05, 4.69) is 0 Å². The second-order valence-electron chi connectivity index (χ2n) is 6.82. The minimum absolute atomic E-state index is 0. The van der Waals surface area contributed by atoms with Crippen molar-refractivity contribution in [1.82, 2.24) is 4.90 Å². The van der Waals surface area contributed by atoms with Crippen molar-refractivity contribution in [2.45, 2.75) is 18.9 Å². The zero-order chi connectivity index (χ0) is 16.5. The largest absolute Gasteiger partial charge is 0.457 e. The van der Waals surface area contributed by atoms with Crippen molar-refractivity contribution in [3.8, 4) is 11.5 Å². The molecule has 2 N–H and O–H groups in total. The Morgan fingerprint density at radius 2 is 1.76 bits per heavy atom. The number of fused-ring (bicyclic) bond motifs is 1. The van der Waals surface area contributed by atoms with Gasteiger partial charge >= 0.3 is 0 Å². The molecule has 0 spiro atoms. The lowest BCUT2D eigenvalue weighted by molar-refractivity contribution is 0.0779. The van der Waals surface area contributed by atoms with E-state index in [-0.39, 0.29) is 24.4 Å². The van der Waals surface area contributed by atoms with Gasteiger partial charge in [0.05, 0.1) is 0 Å². The van der Waals surface area contributed by atoms with E-state index < -0.39 is 0 Å². The Hall–Kier alpha value is -2.04. The molecule has 1 aliphatic heterocycles. The van der Waals surface area contributed by atoms with Crippen LogP contribution in [0.5, 0.6) is 11.5 Å². The molecule has 2 fully saturated rings. The lowest BCUT2D eigenvalue weighted by atomic mass is 9.98. The van der Waals surface area contributed by atoms with Crippen LogP contribution in [0.15, 0.2) is 54.6 Å². The van der Waals surface area contributed by atoms with E-state index in [4.69, 9.17) is 10.5 Å². The average molecular weight is 359 g/mol. The Balaban J connectivity index is 0.00000182. The summed E-state index contributed by atoms with van der Waals surface area (Å²) in [5.41, 5.74) is 6.85. The molecule has 1 saturated carbocycles. The van der Waals surface area contributed by atoms with Gasteiger partial charge in [-0.1, -0.05) is 24.3 Å². The van der Waals surface area contributed by atoms with E-state index in [0.29, 0.717) is 23.1 Å². The Morgan fingerprint density at radius 1 is 1.00 bits per heavy atom. The molecule has 0 bridgehead atoms. The van der Waals surface area contributed by atoms with Crippen LogP contribution in [0.4, 0.5) is 0 Å². The molecular weight excluding hydrogens is 336 g/mol. The monoisotopic (exact) mass is 358 g/mol. The van der Waals surface area contributed by atoms with Crippen molar-refractivity contribution in [3.63, 3.8) is 0 Å². The van der Waals surface area contributed by atoms with Crippen molar-refractivity contribution in [2.24, 2.45) is 17.6 Å². The third-order valence-corrected chi connectivity index (χ3v) is 5.26. The smallest absolute Gasteiger partial charge is 0.254 e. The van der Waals surface area contributed by atoms with E-state index in [0.717, 1.165) is 31.7 Å². The molecule has 1 aliphatic carbocycles. The molecule has 0 radical (unpaired) electrons. The van der Waals surface area contributed by atoms with Crippen LogP contribution < -0.4 is 10.5 Å². The van der Waals surface area contributed by atoms with Gasteiger partial charge in [0, 0.05) is 24.7 Å². The fourth-order valence-electron chi connectivity index (χ4n) is 3.97. The summed E-state index contributed by atoms with van der Waals surface area (Å²) in [6.45, 7) is 1.62. The fraction of sp³-hybridized carbons (Fsp3) is 0.350. The Labute approximate surface area is 154 Å². The van der Waals surface area contributed by atoms with Gasteiger partial charge in [-0.2, -0.15) is 0 Å². The van der Waals surface area contributed by atoms with E-state index in [1.54, 1.807) is 0 Å². The van der Waals surface area contributed by atoms with Crippen molar-refractivity contribution >= 4 is 18.3 Å². The molecule has 0 aromatic heterocycles. The van der Waals surface area contributed by atoms with Crippen LogP contribution in [0.3, 0.4) is 0 Å². The second kappa shape index (κ2) is 7.46. The van der Waals surface area contributed by atoms with Crippen molar-refractivity contribution in [3.05, 3.63) is 60.2 Å². The molecule has 1 heterocycles. The van der Waals surface area contributed by atoms with Gasteiger partial charge < -0.3 is 15.4 Å². The number of nitrogens with two attached hydrogens (primary N) is 1. The quantitative estimate of drug-likeness (QED) is 0.909. The molecule has 25 heavy (non-hydrogen) atoms. The molecule has 3 atom stereocenters. The van der Waals surface area contributed by atoms with Gasteiger partial charge in [-0.15, -0.1) is 12.4 Å². The van der Waals surface area contributed by atoms with Gasteiger partial charge in [0.15, 0.2) is 0 Å². The molecule has 1 saturated heterocycles. The van der Waals surface area contributed by atoms with Crippen LogP contribution in [0, 0.1) is 11.8 Å². The van der Waals surface area contributed by atoms with Crippen LogP contribution in [0.1, 0.15) is 23.2 Å². The predicted molar refractivity (Wildman–Crippen MR) is 100 cm³/mol.